The van der Waals surface area contributed by atoms with E-state index < -0.39 is 0 Å². The molecule has 1 aliphatic heterocycles. The van der Waals surface area contributed by atoms with E-state index in [1.807, 2.05) is 24.3 Å². The van der Waals surface area contributed by atoms with Gasteiger partial charge in [-0.3, -0.25) is 0 Å². The predicted octanol–water partition coefficient (Wildman–Crippen LogP) is 13.2. The lowest BCUT2D eigenvalue weighted by molar-refractivity contribution is 0.269. The molecular weight excluding hydrogens is 711 g/mol. The molecule has 2 atom stereocenters. The normalized spacial score (nSPS) is 15.8. The Morgan fingerprint density at radius 3 is 2.00 bits per heavy atom. The van der Waals surface area contributed by atoms with Crippen LogP contribution in [-0.4, -0.2) is 21.1 Å². The molecule has 2 unspecified atom stereocenters. The molecule has 0 spiro atoms. The second kappa shape index (κ2) is 13.0. The van der Waals surface area contributed by atoms with Crippen LogP contribution in [0.3, 0.4) is 0 Å². The van der Waals surface area contributed by atoms with Crippen LogP contribution in [0.1, 0.15) is 17.3 Å². The van der Waals surface area contributed by atoms with Crippen molar-refractivity contribution in [2.45, 2.75) is 12.0 Å². The van der Waals surface area contributed by atoms with Gasteiger partial charge in [-0.15, -0.1) is 0 Å². The molecule has 0 bridgehead atoms. The van der Waals surface area contributed by atoms with E-state index in [1.54, 1.807) is 0 Å². The van der Waals surface area contributed by atoms with Gasteiger partial charge in [0.05, 0.1) is 0 Å². The number of fused-ring (bicyclic) bond motifs is 8. The smallest absolute Gasteiger partial charge is 0.164 e. The first-order valence-corrected chi connectivity index (χ1v) is 19.7. The minimum absolute atomic E-state index is 0.137. The molecule has 0 amide bonds. The van der Waals surface area contributed by atoms with Gasteiger partial charge in [-0.25, -0.2) is 15.0 Å². The van der Waals surface area contributed by atoms with E-state index in [4.69, 9.17) is 24.1 Å². The van der Waals surface area contributed by atoms with Crippen LogP contribution >= 0.6 is 0 Å². The summed E-state index contributed by atoms with van der Waals surface area (Å²) >= 11 is 0. The highest BCUT2D eigenvalue weighted by molar-refractivity contribution is 6.14. The minimum atomic E-state index is -0.151. The van der Waals surface area contributed by atoms with Crippen molar-refractivity contribution in [3.05, 3.63) is 199 Å². The molecular formula is C53H33N3O2. The van der Waals surface area contributed by atoms with Crippen molar-refractivity contribution < 1.29 is 9.15 Å². The summed E-state index contributed by atoms with van der Waals surface area (Å²) in [6, 6.07) is 59.3. The maximum atomic E-state index is 6.66. The van der Waals surface area contributed by atoms with E-state index >= 15 is 0 Å². The summed E-state index contributed by atoms with van der Waals surface area (Å²) in [6.45, 7) is 0. The van der Waals surface area contributed by atoms with Crippen molar-refractivity contribution in [3.8, 4) is 50.8 Å². The molecule has 0 N–H and O–H groups in total. The van der Waals surface area contributed by atoms with E-state index in [0.717, 1.165) is 71.7 Å². The minimum Gasteiger partial charge on any atom is -0.485 e. The molecule has 272 valence electrons. The lowest BCUT2D eigenvalue weighted by Crippen LogP contribution is -2.18. The predicted molar refractivity (Wildman–Crippen MR) is 235 cm³/mol. The molecule has 12 rings (SSSR count). The third-order valence-electron chi connectivity index (χ3n) is 11.7. The van der Waals surface area contributed by atoms with Gasteiger partial charge in [-0.1, -0.05) is 152 Å². The molecule has 58 heavy (non-hydrogen) atoms. The van der Waals surface area contributed by atoms with Crippen molar-refractivity contribution in [2.24, 2.45) is 0 Å². The number of para-hydroxylation sites is 2. The summed E-state index contributed by atoms with van der Waals surface area (Å²) < 4.78 is 13.1. The van der Waals surface area contributed by atoms with E-state index in [9.17, 15) is 0 Å². The Bertz CT molecular complexity index is 3340. The van der Waals surface area contributed by atoms with Crippen LogP contribution in [0.4, 0.5) is 0 Å². The summed E-state index contributed by atoms with van der Waals surface area (Å²) in [5.41, 5.74) is 9.96. The van der Waals surface area contributed by atoms with E-state index in [-0.39, 0.29) is 12.0 Å². The monoisotopic (exact) mass is 743 g/mol. The summed E-state index contributed by atoms with van der Waals surface area (Å²) in [5, 5.41) is 6.60. The molecule has 0 radical (unpaired) electrons. The number of allylic oxidation sites excluding steroid dienone is 2. The van der Waals surface area contributed by atoms with Gasteiger partial charge in [-0.05, 0) is 80.2 Å². The fourth-order valence-corrected chi connectivity index (χ4v) is 8.89. The molecule has 5 nitrogen and oxygen atoms in total. The maximum Gasteiger partial charge on any atom is 0.164 e. The van der Waals surface area contributed by atoms with Crippen molar-refractivity contribution >= 4 is 49.1 Å². The average molecular weight is 744 g/mol. The van der Waals surface area contributed by atoms with Crippen LogP contribution in [0.5, 0.6) is 5.75 Å². The Hall–Kier alpha value is -7.63. The van der Waals surface area contributed by atoms with Crippen LogP contribution in [0.15, 0.2) is 193 Å². The molecule has 5 heteroatoms. The summed E-state index contributed by atoms with van der Waals surface area (Å²) in [7, 11) is 0. The van der Waals surface area contributed by atoms with Gasteiger partial charge >= 0.3 is 0 Å². The number of rotatable bonds is 5. The molecule has 1 aliphatic carbocycles. The molecule has 0 saturated heterocycles. The molecule has 8 aromatic carbocycles. The van der Waals surface area contributed by atoms with Gasteiger partial charge in [0.1, 0.15) is 23.0 Å². The van der Waals surface area contributed by atoms with Crippen molar-refractivity contribution in [1.82, 2.24) is 15.0 Å². The van der Waals surface area contributed by atoms with Crippen molar-refractivity contribution in [2.75, 3.05) is 0 Å². The number of nitrogens with zero attached hydrogens (tertiary/aromatic N) is 3. The standard InChI is InChI=1S/C53H33N3O2/c1-2-13-33(14-3-1)38-26-27-39(41-17-7-6-16-40(38)41)37-29-45(50-44-19-9-11-21-47(44)58-49(50)31-37)53-55-51(35-23-22-32-12-4-5-15-34(32)28-35)54-52(56-53)36-24-25-43-42-18-8-10-20-46(42)57-48(43)30-36/h1-31,43,48H. The Labute approximate surface area is 334 Å². The fraction of sp³-hybridized carbons (Fsp3) is 0.0377. The summed E-state index contributed by atoms with van der Waals surface area (Å²) in [4.78, 5) is 15.8. The third-order valence-corrected chi connectivity index (χ3v) is 11.7. The Kier molecular flexibility index (Phi) is 7.29. The summed E-state index contributed by atoms with van der Waals surface area (Å²) in [6.07, 6.45) is 6.36. The Morgan fingerprint density at radius 1 is 0.448 bits per heavy atom. The second-order valence-corrected chi connectivity index (χ2v) is 15.1. The highest BCUT2D eigenvalue weighted by Gasteiger charge is 2.34. The van der Waals surface area contributed by atoms with Gasteiger partial charge in [-0.2, -0.15) is 0 Å². The van der Waals surface area contributed by atoms with Crippen LogP contribution in [0.2, 0.25) is 0 Å². The first-order chi connectivity index (χ1) is 28.7. The number of ether oxygens (including phenoxy) is 1. The second-order valence-electron chi connectivity index (χ2n) is 15.1. The zero-order chi connectivity index (χ0) is 38.2. The zero-order valence-corrected chi connectivity index (χ0v) is 31.2. The van der Waals surface area contributed by atoms with Gasteiger partial charge in [0.25, 0.3) is 0 Å². The first-order valence-electron chi connectivity index (χ1n) is 19.7. The Morgan fingerprint density at radius 2 is 1.14 bits per heavy atom. The average Bonchev–Trinajstić information content (AvgIpc) is 3.86. The van der Waals surface area contributed by atoms with E-state index in [0.29, 0.717) is 17.5 Å². The largest absolute Gasteiger partial charge is 0.485 e. The Balaban J connectivity index is 1.09. The van der Waals surface area contributed by atoms with Gasteiger partial charge < -0.3 is 9.15 Å². The molecule has 3 heterocycles. The van der Waals surface area contributed by atoms with Gasteiger partial charge in [0, 0.05) is 39.0 Å². The third kappa shape index (κ3) is 5.28. The summed E-state index contributed by atoms with van der Waals surface area (Å²) in [5.74, 6) is 2.82. The SMILES string of the molecule is C1=CC2c3ccccc3OC2C=C1c1nc(-c2ccc3ccccc3c2)nc(-c2cc(-c3ccc(-c4ccccc4)c4ccccc34)cc3oc4ccccc4c23)n1. The first kappa shape index (κ1) is 32.6. The molecule has 0 saturated carbocycles. The molecule has 0 fully saturated rings. The van der Waals surface area contributed by atoms with Crippen molar-refractivity contribution in [3.63, 3.8) is 0 Å². The zero-order valence-electron chi connectivity index (χ0n) is 31.2. The van der Waals surface area contributed by atoms with Crippen LogP contribution in [0, 0.1) is 0 Å². The lowest BCUT2D eigenvalue weighted by atomic mass is 9.89. The highest BCUT2D eigenvalue weighted by atomic mass is 16.5. The van der Waals surface area contributed by atoms with Crippen LogP contribution in [0.25, 0.3) is 94.1 Å². The quantitative estimate of drug-likeness (QED) is 0.176. The van der Waals surface area contributed by atoms with Crippen molar-refractivity contribution in [1.29, 1.82) is 0 Å². The highest BCUT2D eigenvalue weighted by Crippen LogP contribution is 2.45. The number of benzene rings is 8. The fourth-order valence-electron chi connectivity index (χ4n) is 8.89. The lowest BCUT2D eigenvalue weighted by Gasteiger charge is -2.19. The van der Waals surface area contributed by atoms with E-state index in [2.05, 4.69) is 164 Å². The van der Waals surface area contributed by atoms with Gasteiger partial charge in [0.15, 0.2) is 17.5 Å². The molecule has 2 aliphatic rings. The topological polar surface area (TPSA) is 61.0 Å². The molecule has 2 aromatic heterocycles. The van der Waals surface area contributed by atoms with E-state index in [1.165, 1.54) is 22.1 Å². The number of aromatic nitrogens is 3. The van der Waals surface area contributed by atoms with Crippen LogP contribution in [-0.2, 0) is 0 Å². The number of hydrogen-bond donors (Lipinski definition) is 0. The number of hydrogen-bond acceptors (Lipinski definition) is 5. The van der Waals surface area contributed by atoms with Gasteiger partial charge in [0.2, 0.25) is 0 Å². The molecule has 10 aromatic rings. The van der Waals surface area contributed by atoms with Crippen LogP contribution < -0.4 is 4.74 Å². The maximum absolute atomic E-state index is 6.66. The number of furan rings is 1.